The molecular weight excluding hydrogens is 208 g/mol. The first-order valence-electron chi connectivity index (χ1n) is 4.86. The molecule has 0 spiro atoms. The van der Waals surface area contributed by atoms with Crippen molar-refractivity contribution in [3.63, 3.8) is 0 Å². The molecule has 0 unspecified atom stereocenters. The van der Waals surface area contributed by atoms with Gasteiger partial charge >= 0.3 is 0 Å². The molecule has 0 bridgehead atoms. The number of aliphatic imine (C=N–C) groups is 1. The minimum Gasteiger partial charge on any atom is -0.505 e. The Morgan fingerprint density at radius 2 is 2.33 bits per heavy atom. The molecule has 15 heavy (non-hydrogen) atoms. The van der Waals surface area contributed by atoms with Gasteiger partial charge in [-0.25, -0.2) is 0 Å². The van der Waals surface area contributed by atoms with E-state index < -0.39 is 0 Å². The summed E-state index contributed by atoms with van der Waals surface area (Å²) < 4.78 is 0. The van der Waals surface area contributed by atoms with Gasteiger partial charge in [0.05, 0.1) is 5.69 Å². The molecule has 1 rings (SSSR count). The summed E-state index contributed by atoms with van der Waals surface area (Å²) in [4.78, 5) is 8.31. The summed E-state index contributed by atoms with van der Waals surface area (Å²) in [5, 5.41) is 9.87. The molecular formula is C11H16N2OS. The predicted octanol–water partition coefficient (Wildman–Crippen LogP) is 2.40. The summed E-state index contributed by atoms with van der Waals surface area (Å²) in [7, 11) is 0. The topological polar surface area (TPSA) is 45.5 Å². The lowest BCUT2D eigenvalue weighted by Crippen LogP contribution is -1.97. The molecule has 0 saturated heterocycles. The van der Waals surface area contributed by atoms with Gasteiger partial charge in [0, 0.05) is 30.3 Å². The maximum Gasteiger partial charge on any atom is 0.145 e. The Kier molecular flexibility index (Phi) is 4.62. The van der Waals surface area contributed by atoms with Crippen molar-refractivity contribution in [2.45, 2.75) is 19.6 Å². The van der Waals surface area contributed by atoms with Crippen LogP contribution in [0, 0.1) is 6.92 Å². The third-order valence-electron chi connectivity index (χ3n) is 2.06. The number of hydrogen-bond acceptors (Lipinski definition) is 4. The van der Waals surface area contributed by atoms with Gasteiger partial charge in [0.1, 0.15) is 5.75 Å². The van der Waals surface area contributed by atoms with Crippen LogP contribution >= 0.6 is 11.8 Å². The Morgan fingerprint density at radius 1 is 1.60 bits per heavy atom. The van der Waals surface area contributed by atoms with Crippen LogP contribution in [0.25, 0.3) is 0 Å². The molecule has 3 nitrogen and oxygen atoms in total. The van der Waals surface area contributed by atoms with E-state index in [1.807, 2.05) is 19.4 Å². The molecule has 4 heteroatoms. The van der Waals surface area contributed by atoms with Gasteiger partial charge in [0.25, 0.3) is 0 Å². The van der Waals surface area contributed by atoms with Crippen LogP contribution in [0.2, 0.25) is 0 Å². The van der Waals surface area contributed by atoms with Crippen molar-refractivity contribution in [1.82, 2.24) is 4.98 Å². The van der Waals surface area contributed by atoms with Crippen LogP contribution in [0.4, 0.5) is 0 Å². The lowest BCUT2D eigenvalue weighted by Gasteiger charge is -2.07. The lowest BCUT2D eigenvalue weighted by molar-refractivity contribution is 0.466. The van der Waals surface area contributed by atoms with Gasteiger partial charge in [0.15, 0.2) is 0 Å². The molecule has 0 aromatic carbocycles. The summed E-state index contributed by atoms with van der Waals surface area (Å²) in [6.45, 7) is 4.48. The number of aryl methyl sites for hydroxylation is 1. The molecule has 0 fully saturated rings. The van der Waals surface area contributed by atoms with Crippen molar-refractivity contribution >= 4 is 18.0 Å². The average Bonchev–Trinajstić information content (AvgIpc) is 2.23. The first-order valence-corrected chi connectivity index (χ1v) is 6.26. The Hall–Kier alpha value is -1.03. The fourth-order valence-corrected chi connectivity index (χ4v) is 1.79. The smallest absolute Gasteiger partial charge is 0.145 e. The maximum atomic E-state index is 9.87. The van der Waals surface area contributed by atoms with Gasteiger partial charge in [-0.3, -0.25) is 9.98 Å². The fourth-order valence-electron chi connectivity index (χ4n) is 1.25. The molecule has 1 aromatic rings. The van der Waals surface area contributed by atoms with Crippen LogP contribution in [-0.2, 0) is 5.75 Å². The number of aromatic hydroxyl groups is 1. The number of thioether (sulfide) groups is 1. The normalized spacial score (nSPS) is 11.1. The SMILES string of the molecule is CCN=Cc1c(CSC)cnc(C)c1O. The predicted molar refractivity (Wildman–Crippen MR) is 66.0 cm³/mol. The van der Waals surface area contributed by atoms with E-state index in [9.17, 15) is 5.11 Å². The van der Waals surface area contributed by atoms with Crippen molar-refractivity contribution in [2.75, 3.05) is 12.8 Å². The van der Waals surface area contributed by atoms with Gasteiger partial charge < -0.3 is 5.11 Å². The van der Waals surface area contributed by atoms with Gasteiger partial charge in [-0.1, -0.05) is 0 Å². The minimum absolute atomic E-state index is 0.249. The first-order chi connectivity index (χ1) is 7.20. The Labute approximate surface area is 94.7 Å². The van der Waals surface area contributed by atoms with Gasteiger partial charge in [-0.15, -0.1) is 0 Å². The van der Waals surface area contributed by atoms with E-state index in [0.717, 1.165) is 23.4 Å². The van der Waals surface area contributed by atoms with Crippen LogP contribution < -0.4 is 0 Å². The highest BCUT2D eigenvalue weighted by Crippen LogP contribution is 2.24. The number of nitrogens with zero attached hydrogens (tertiary/aromatic N) is 2. The summed E-state index contributed by atoms with van der Waals surface area (Å²) in [6, 6.07) is 0. The number of aromatic nitrogens is 1. The largest absolute Gasteiger partial charge is 0.505 e. The van der Waals surface area contributed by atoms with Crippen LogP contribution in [-0.4, -0.2) is 29.1 Å². The van der Waals surface area contributed by atoms with Crippen molar-refractivity contribution < 1.29 is 5.11 Å². The second-order valence-corrected chi connectivity index (χ2v) is 4.06. The monoisotopic (exact) mass is 224 g/mol. The quantitative estimate of drug-likeness (QED) is 0.799. The van der Waals surface area contributed by atoms with E-state index in [1.54, 1.807) is 24.9 Å². The molecule has 0 aliphatic carbocycles. The van der Waals surface area contributed by atoms with Crippen molar-refractivity contribution in [1.29, 1.82) is 0 Å². The third-order valence-corrected chi connectivity index (χ3v) is 2.66. The second-order valence-electron chi connectivity index (χ2n) is 3.19. The zero-order chi connectivity index (χ0) is 11.3. The number of hydrogen-bond donors (Lipinski definition) is 1. The maximum absolute atomic E-state index is 9.87. The second kappa shape index (κ2) is 5.75. The molecule has 0 aliphatic rings. The number of rotatable bonds is 4. The Balaban J connectivity index is 3.15. The zero-order valence-electron chi connectivity index (χ0n) is 9.32. The molecule has 82 valence electrons. The zero-order valence-corrected chi connectivity index (χ0v) is 10.1. The standard InChI is InChI=1S/C11H16N2OS/c1-4-12-6-10-9(7-15-3)5-13-8(2)11(10)14/h5-6,14H,4,7H2,1-3H3. The molecule has 0 radical (unpaired) electrons. The van der Waals surface area contributed by atoms with Crippen molar-refractivity contribution in [2.24, 2.45) is 4.99 Å². The van der Waals surface area contributed by atoms with Crippen molar-refractivity contribution in [3.05, 3.63) is 23.0 Å². The van der Waals surface area contributed by atoms with Crippen molar-refractivity contribution in [3.8, 4) is 5.75 Å². The summed E-state index contributed by atoms with van der Waals surface area (Å²) >= 11 is 1.70. The van der Waals surface area contributed by atoms with Crippen LogP contribution in [0.1, 0.15) is 23.7 Å². The fraction of sp³-hybridized carbons (Fsp3) is 0.455. The molecule has 0 atom stereocenters. The molecule has 0 aliphatic heterocycles. The Morgan fingerprint density at radius 3 is 2.93 bits per heavy atom. The summed E-state index contributed by atoms with van der Waals surface area (Å²) in [5.74, 6) is 1.09. The Bertz CT molecular complexity index is 364. The highest BCUT2D eigenvalue weighted by Gasteiger charge is 2.08. The van der Waals surface area contributed by atoms with Gasteiger partial charge in [-0.05, 0) is 25.7 Å². The van der Waals surface area contributed by atoms with Gasteiger partial charge in [0.2, 0.25) is 0 Å². The molecule has 0 saturated carbocycles. The van der Waals surface area contributed by atoms with E-state index in [-0.39, 0.29) is 5.75 Å². The van der Waals surface area contributed by atoms with Crippen LogP contribution in [0.3, 0.4) is 0 Å². The van der Waals surface area contributed by atoms with Gasteiger partial charge in [-0.2, -0.15) is 11.8 Å². The summed E-state index contributed by atoms with van der Waals surface area (Å²) in [6.07, 6.45) is 5.57. The molecule has 1 N–H and O–H groups in total. The first kappa shape index (κ1) is 12.0. The van der Waals surface area contributed by atoms with E-state index in [0.29, 0.717) is 5.69 Å². The number of pyridine rings is 1. The lowest BCUT2D eigenvalue weighted by atomic mass is 10.1. The van der Waals surface area contributed by atoms with E-state index in [2.05, 4.69) is 9.98 Å². The highest BCUT2D eigenvalue weighted by atomic mass is 32.2. The molecule has 1 aromatic heterocycles. The molecule has 1 heterocycles. The average molecular weight is 224 g/mol. The van der Waals surface area contributed by atoms with Crippen LogP contribution in [0.15, 0.2) is 11.2 Å². The van der Waals surface area contributed by atoms with Crippen LogP contribution in [0.5, 0.6) is 5.75 Å². The van der Waals surface area contributed by atoms with E-state index >= 15 is 0 Å². The minimum atomic E-state index is 0.249. The van der Waals surface area contributed by atoms with E-state index in [1.165, 1.54) is 0 Å². The third kappa shape index (κ3) is 2.96. The summed E-state index contributed by atoms with van der Waals surface area (Å²) in [5.41, 5.74) is 2.49. The van der Waals surface area contributed by atoms with E-state index in [4.69, 9.17) is 0 Å². The highest BCUT2D eigenvalue weighted by molar-refractivity contribution is 7.97. The molecule has 0 amide bonds.